The number of anilines is 2. The van der Waals surface area contributed by atoms with Crippen molar-refractivity contribution in [3.63, 3.8) is 0 Å². The summed E-state index contributed by atoms with van der Waals surface area (Å²) in [5.74, 6) is -0.570. The van der Waals surface area contributed by atoms with Crippen LogP contribution in [0.25, 0.3) is 10.1 Å². The van der Waals surface area contributed by atoms with Gasteiger partial charge in [0.15, 0.2) is 11.5 Å². The number of piperazine rings is 1. The maximum Gasteiger partial charge on any atom is 0.401 e. The summed E-state index contributed by atoms with van der Waals surface area (Å²) >= 11 is 1.26. The van der Waals surface area contributed by atoms with E-state index in [1.165, 1.54) is 28.4 Å². The van der Waals surface area contributed by atoms with E-state index in [0.29, 0.717) is 73.6 Å². The van der Waals surface area contributed by atoms with Crippen molar-refractivity contribution in [1.29, 1.82) is 0 Å². The number of hydrogen-bond donors (Lipinski definition) is 2. The maximum atomic E-state index is 14.7. The first kappa shape index (κ1) is 29.9. The third kappa shape index (κ3) is 7.12. The first-order chi connectivity index (χ1) is 21.1. The number of rotatable bonds is 7. The van der Waals surface area contributed by atoms with Crippen molar-refractivity contribution < 1.29 is 36.6 Å². The highest BCUT2D eigenvalue weighted by Crippen LogP contribution is 2.32. The van der Waals surface area contributed by atoms with Crippen LogP contribution in [0.15, 0.2) is 60.7 Å². The summed E-state index contributed by atoms with van der Waals surface area (Å²) in [6.45, 7) is 2.29. The molecule has 13 heteroatoms. The molecule has 230 valence electrons. The minimum atomic E-state index is -4.20. The summed E-state index contributed by atoms with van der Waals surface area (Å²) in [6, 6.07) is 16.3. The lowest BCUT2D eigenvalue weighted by atomic mass is 10.1. The number of hydrogen-bond acceptors (Lipinski definition) is 7. The number of fused-ring (bicyclic) bond motifs is 2. The molecule has 0 aliphatic carbocycles. The smallest absolute Gasteiger partial charge is 0.401 e. The van der Waals surface area contributed by atoms with Gasteiger partial charge in [-0.2, -0.15) is 13.2 Å². The lowest BCUT2D eigenvalue weighted by Gasteiger charge is -2.35. The summed E-state index contributed by atoms with van der Waals surface area (Å²) in [5.41, 5.74) is 1.53. The molecule has 44 heavy (non-hydrogen) atoms. The standard InChI is InChI=1S/C31H28F4N4O4S/c32-23-5-4-22(36-29(40)21-3-6-25-26(14-21)43-12-11-42-25)16-24(23)37-30(41)28-15-20-2-1-19(13-27(20)44-28)17-38-7-9-39(10-8-38)18-31(33,34)35/h1-6,13-16H,7-12,17-18H2,(H,36,40)(H,37,41). The van der Waals surface area contributed by atoms with Gasteiger partial charge < -0.3 is 20.1 Å². The molecule has 3 heterocycles. The molecule has 0 spiro atoms. The zero-order valence-electron chi connectivity index (χ0n) is 23.4. The molecule has 1 saturated heterocycles. The number of amides is 2. The molecular formula is C31H28F4N4O4S. The monoisotopic (exact) mass is 628 g/mol. The van der Waals surface area contributed by atoms with E-state index in [-0.39, 0.29) is 5.69 Å². The molecule has 0 radical (unpaired) electrons. The van der Waals surface area contributed by atoms with E-state index in [2.05, 4.69) is 15.5 Å². The Labute approximate surface area is 254 Å². The summed E-state index contributed by atoms with van der Waals surface area (Å²) in [7, 11) is 0. The number of ether oxygens (including phenoxy) is 2. The maximum absolute atomic E-state index is 14.7. The van der Waals surface area contributed by atoms with E-state index < -0.39 is 30.4 Å². The Morgan fingerprint density at radius 2 is 1.57 bits per heavy atom. The van der Waals surface area contributed by atoms with E-state index >= 15 is 0 Å². The second kappa shape index (κ2) is 12.4. The number of nitrogens with one attached hydrogen (secondary N) is 2. The average molecular weight is 629 g/mol. The van der Waals surface area contributed by atoms with Gasteiger partial charge in [-0.05, 0) is 59.5 Å². The molecule has 0 saturated carbocycles. The predicted octanol–water partition coefficient (Wildman–Crippen LogP) is 6.00. The molecule has 0 atom stereocenters. The molecule has 1 aromatic heterocycles. The van der Waals surface area contributed by atoms with E-state index in [9.17, 15) is 27.2 Å². The molecule has 2 aliphatic heterocycles. The van der Waals surface area contributed by atoms with Crippen LogP contribution in [0, 0.1) is 5.82 Å². The molecule has 8 nitrogen and oxygen atoms in total. The molecular weight excluding hydrogens is 600 g/mol. The topological polar surface area (TPSA) is 83.1 Å². The SMILES string of the molecule is O=C(Nc1ccc(F)c(NC(=O)c2cc3ccc(CN4CCN(CC(F)(F)F)CC4)cc3s2)c1)c1ccc2c(c1)OCCO2. The molecule has 0 unspecified atom stereocenters. The van der Waals surface area contributed by atoms with Crippen LogP contribution in [0.1, 0.15) is 25.6 Å². The summed E-state index contributed by atoms with van der Waals surface area (Å²) < 4.78 is 64.6. The second-order valence-electron chi connectivity index (χ2n) is 10.6. The van der Waals surface area contributed by atoms with Crippen LogP contribution in [-0.4, -0.2) is 73.7 Å². The molecule has 4 aromatic rings. The van der Waals surface area contributed by atoms with Crippen molar-refractivity contribution in [2.75, 3.05) is 56.6 Å². The third-order valence-electron chi connectivity index (χ3n) is 7.36. The highest BCUT2D eigenvalue weighted by atomic mass is 32.1. The van der Waals surface area contributed by atoms with Crippen molar-refractivity contribution in [3.05, 3.63) is 82.5 Å². The molecule has 2 amide bonds. The zero-order chi connectivity index (χ0) is 30.8. The molecule has 2 aliphatic rings. The summed E-state index contributed by atoms with van der Waals surface area (Å²) in [6.07, 6.45) is -4.20. The minimum Gasteiger partial charge on any atom is -0.486 e. The number of nitrogens with zero attached hydrogens (tertiary/aromatic N) is 2. The molecule has 2 N–H and O–H groups in total. The Bertz CT molecular complexity index is 1700. The lowest BCUT2D eigenvalue weighted by molar-refractivity contribution is -0.149. The van der Waals surface area contributed by atoms with Crippen LogP contribution in [0.2, 0.25) is 0 Å². The van der Waals surface area contributed by atoms with Gasteiger partial charge in [-0.25, -0.2) is 4.39 Å². The van der Waals surface area contributed by atoms with Crippen molar-refractivity contribution in [3.8, 4) is 11.5 Å². The number of alkyl halides is 3. The Balaban J connectivity index is 1.08. The van der Waals surface area contributed by atoms with Crippen molar-refractivity contribution in [2.24, 2.45) is 0 Å². The second-order valence-corrected chi connectivity index (χ2v) is 11.7. The average Bonchev–Trinajstić information content (AvgIpc) is 3.43. The number of halogens is 4. The Morgan fingerprint density at radius 3 is 2.34 bits per heavy atom. The number of thiophene rings is 1. The third-order valence-corrected chi connectivity index (χ3v) is 8.46. The van der Waals surface area contributed by atoms with Crippen LogP contribution in [0.5, 0.6) is 11.5 Å². The fraction of sp³-hybridized carbons (Fsp3) is 0.290. The highest BCUT2D eigenvalue weighted by molar-refractivity contribution is 7.20. The van der Waals surface area contributed by atoms with Crippen LogP contribution in [-0.2, 0) is 6.54 Å². The first-order valence-corrected chi connectivity index (χ1v) is 14.8. The minimum absolute atomic E-state index is 0.0854. The Morgan fingerprint density at radius 1 is 0.818 bits per heavy atom. The number of carbonyl (C=O) groups is 2. The van der Waals surface area contributed by atoms with Gasteiger partial charge in [0.05, 0.1) is 17.1 Å². The van der Waals surface area contributed by atoms with Gasteiger partial charge in [-0.1, -0.05) is 12.1 Å². The summed E-state index contributed by atoms with van der Waals surface area (Å²) in [5, 5.41) is 6.16. The zero-order valence-corrected chi connectivity index (χ0v) is 24.2. The van der Waals surface area contributed by atoms with Gasteiger partial charge in [0.2, 0.25) is 0 Å². The van der Waals surface area contributed by atoms with Crippen LogP contribution in [0.3, 0.4) is 0 Å². The number of benzene rings is 3. The highest BCUT2D eigenvalue weighted by Gasteiger charge is 2.32. The molecule has 0 bridgehead atoms. The Kier molecular flexibility index (Phi) is 8.43. The van der Waals surface area contributed by atoms with Crippen LogP contribution < -0.4 is 20.1 Å². The van der Waals surface area contributed by atoms with Gasteiger partial charge >= 0.3 is 6.18 Å². The van der Waals surface area contributed by atoms with Crippen molar-refractivity contribution >= 4 is 44.6 Å². The van der Waals surface area contributed by atoms with Gasteiger partial charge in [0.25, 0.3) is 11.8 Å². The van der Waals surface area contributed by atoms with E-state index in [1.807, 2.05) is 18.2 Å². The quantitative estimate of drug-likeness (QED) is 0.245. The first-order valence-electron chi connectivity index (χ1n) is 14.0. The van der Waals surface area contributed by atoms with Gasteiger partial charge in [0.1, 0.15) is 19.0 Å². The fourth-order valence-corrected chi connectivity index (χ4v) is 6.20. The van der Waals surface area contributed by atoms with Crippen molar-refractivity contribution in [1.82, 2.24) is 9.80 Å². The van der Waals surface area contributed by atoms with Crippen LogP contribution in [0.4, 0.5) is 28.9 Å². The van der Waals surface area contributed by atoms with E-state index in [4.69, 9.17) is 9.47 Å². The predicted molar refractivity (Wildman–Crippen MR) is 159 cm³/mol. The van der Waals surface area contributed by atoms with Crippen molar-refractivity contribution in [2.45, 2.75) is 12.7 Å². The van der Waals surface area contributed by atoms with Gasteiger partial charge in [0, 0.05) is 48.7 Å². The molecule has 1 fully saturated rings. The summed E-state index contributed by atoms with van der Waals surface area (Å²) in [4.78, 5) is 29.8. The van der Waals surface area contributed by atoms with E-state index in [0.717, 1.165) is 21.7 Å². The van der Waals surface area contributed by atoms with Gasteiger partial charge in [-0.3, -0.25) is 19.4 Å². The fourth-order valence-electron chi connectivity index (χ4n) is 5.17. The normalized spacial score (nSPS) is 15.7. The van der Waals surface area contributed by atoms with Crippen LogP contribution >= 0.6 is 11.3 Å². The molecule has 6 rings (SSSR count). The number of carbonyl (C=O) groups excluding carboxylic acids is 2. The van der Waals surface area contributed by atoms with E-state index in [1.54, 1.807) is 24.3 Å². The largest absolute Gasteiger partial charge is 0.486 e. The molecule has 3 aromatic carbocycles. The Hall–Kier alpha value is -4.20. The lowest BCUT2D eigenvalue weighted by Crippen LogP contribution is -2.48. The van der Waals surface area contributed by atoms with Gasteiger partial charge in [-0.15, -0.1) is 11.3 Å².